The largest absolute Gasteiger partial charge is 0.324 e. The van der Waals surface area contributed by atoms with E-state index in [2.05, 4.69) is 50.9 Å². The molecule has 0 bridgehead atoms. The minimum Gasteiger partial charge on any atom is -0.324 e. The molecule has 32 heavy (non-hydrogen) atoms. The molecule has 6 heteroatoms. The highest BCUT2D eigenvalue weighted by atomic mass is 15.1. The fourth-order valence-electron chi connectivity index (χ4n) is 4.22. The molecule has 1 aliphatic carbocycles. The van der Waals surface area contributed by atoms with Crippen molar-refractivity contribution in [2.75, 3.05) is 18.4 Å². The molecule has 162 valence electrons. The average Bonchev–Trinajstić information content (AvgIpc) is 2.86. The van der Waals surface area contributed by atoms with Gasteiger partial charge in [0.05, 0.1) is 11.3 Å². The van der Waals surface area contributed by atoms with Gasteiger partial charge >= 0.3 is 0 Å². The summed E-state index contributed by atoms with van der Waals surface area (Å²) >= 11 is 0. The van der Waals surface area contributed by atoms with Crippen molar-refractivity contribution in [3.05, 3.63) is 66.5 Å². The number of benzene rings is 1. The minimum atomic E-state index is 0.550. The predicted molar refractivity (Wildman–Crippen MR) is 131 cm³/mol. The summed E-state index contributed by atoms with van der Waals surface area (Å²) in [6.07, 6.45) is 12.7. The highest BCUT2D eigenvalue weighted by Crippen LogP contribution is 2.30. The summed E-state index contributed by atoms with van der Waals surface area (Å²) in [6.45, 7) is 1.98. The number of aliphatic imine (C=N–C) groups is 1. The van der Waals surface area contributed by atoms with E-state index >= 15 is 0 Å². The molecule has 0 saturated heterocycles. The number of hydrogen-bond acceptors (Lipinski definition) is 6. The number of nitrogens with one attached hydrogen (secondary N) is 2. The predicted octanol–water partition coefficient (Wildman–Crippen LogP) is 5.70. The molecule has 0 spiro atoms. The second kappa shape index (κ2) is 9.83. The Hall–Kier alpha value is -3.38. The van der Waals surface area contributed by atoms with Gasteiger partial charge in [-0.05, 0) is 74.1 Å². The van der Waals surface area contributed by atoms with Gasteiger partial charge < -0.3 is 10.6 Å². The first-order valence-electron chi connectivity index (χ1n) is 11.5. The van der Waals surface area contributed by atoms with Gasteiger partial charge in [0.1, 0.15) is 0 Å². The van der Waals surface area contributed by atoms with Crippen LogP contribution >= 0.6 is 0 Å². The third-order valence-electron chi connectivity index (χ3n) is 5.98. The van der Waals surface area contributed by atoms with E-state index in [0.29, 0.717) is 11.8 Å². The summed E-state index contributed by atoms with van der Waals surface area (Å²) in [5.41, 5.74) is 6.56. The topological polar surface area (TPSA) is 75.1 Å². The summed E-state index contributed by atoms with van der Waals surface area (Å²) in [5.74, 6) is 1.24. The Bertz CT molecular complexity index is 1110. The molecule has 1 fully saturated rings. The zero-order valence-corrected chi connectivity index (χ0v) is 18.2. The zero-order valence-electron chi connectivity index (χ0n) is 18.2. The summed E-state index contributed by atoms with van der Waals surface area (Å²) in [6, 6.07) is 14.4. The van der Waals surface area contributed by atoms with Gasteiger partial charge in [-0.2, -0.15) is 4.98 Å². The third-order valence-corrected chi connectivity index (χ3v) is 5.98. The average molecular weight is 425 g/mol. The molecule has 0 radical (unpaired) electrons. The lowest BCUT2D eigenvalue weighted by molar-refractivity contribution is 0.666. The number of nitrogens with zero attached hydrogens (tertiary/aromatic N) is 4. The molecule has 0 unspecified atom stereocenters. The van der Waals surface area contributed by atoms with Gasteiger partial charge in [0.15, 0.2) is 5.82 Å². The van der Waals surface area contributed by atoms with Gasteiger partial charge in [0.25, 0.3) is 0 Å². The first kappa shape index (κ1) is 20.5. The molecular weight excluding hydrogens is 396 g/mol. The maximum absolute atomic E-state index is 4.94. The fraction of sp³-hybridized carbons (Fsp3) is 0.308. The van der Waals surface area contributed by atoms with Crippen LogP contribution in [0.5, 0.6) is 0 Å². The van der Waals surface area contributed by atoms with Gasteiger partial charge in [-0.1, -0.05) is 30.7 Å². The van der Waals surface area contributed by atoms with Gasteiger partial charge in [-0.25, -0.2) is 9.98 Å². The van der Waals surface area contributed by atoms with Crippen LogP contribution in [0.1, 0.15) is 44.1 Å². The Balaban J connectivity index is 1.41. The van der Waals surface area contributed by atoms with Crippen molar-refractivity contribution in [3.8, 4) is 11.3 Å². The highest BCUT2D eigenvalue weighted by molar-refractivity contribution is 5.89. The second-order valence-electron chi connectivity index (χ2n) is 8.27. The molecule has 1 aromatic carbocycles. The van der Waals surface area contributed by atoms with Gasteiger partial charge in [-0.3, -0.25) is 4.98 Å². The number of rotatable bonds is 5. The molecule has 5 rings (SSSR count). The van der Waals surface area contributed by atoms with Gasteiger partial charge in [-0.15, -0.1) is 0 Å². The van der Waals surface area contributed by atoms with Crippen molar-refractivity contribution in [1.82, 2.24) is 20.3 Å². The Kier molecular flexibility index (Phi) is 6.30. The molecule has 2 aliphatic rings. The van der Waals surface area contributed by atoms with Crippen LogP contribution in [0.2, 0.25) is 0 Å². The molecule has 2 aromatic heterocycles. The SMILES string of the molecule is C1=C(c2ccc(Nc3ncc(-c4ccccn4)c(N=C4CCCCC4)n3)cc2)CCNC1. The maximum atomic E-state index is 4.94. The molecule has 0 atom stereocenters. The summed E-state index contributed by atoms with van der Waals surface area (Å²) in [7, 11) is 0. The quantitative estimate of drug-likeness (QED) is 0.550. The van der Waals surface area contributed by atoms with Crippen molar-refractivity contribution in [3.63, 3.8) is 0 Å². The van der Waals surface area contributed by atoms with E-state index in [4.69, 9.17) is 9.98 Å². The molecule has 3 heterocycles. The first-order chi connectivity index (χ1) is 15.8. The van der Waals surface area contributed by atoms with Crippen LogP contribution in [0.4, 0.5) is 17.5 Å². The van der Waals surface area contributed by atoms with Crippen molar-refractivity contribution >= 4 is 28.7 Å². The number of aromatic nitrogens is 3. The Morgan fingerprint density at radius 1 is 0.906 bits per heavy atom. The molecule has 0 amide bonds. The van der Waals surface area contributed by atoms with E-state index in [1.165, 1.54) is 36.1 Å². The van der Waals surface area contributed by atoms with Crippen LogP contribution in [0.3, 0.4) is 0 Å². The summed E-state index contributed by atoms with van der Waals surface area (Å²) in [5, 5.41) is 6.71. The monoisotopic (exact) mass is 424 g/mol. The number of anilines is 2. The van der Waals surface area contributed by atoms with Crippen molar-refractivity contribution in [1.29, 1.82) is 0 Å². The maximum Gasteiger partial charge on any atom is 0.229 e. The smallest absolute Gasteiger partial charge is 0.229 e. The van der Waals surface area contributed by atoms with Crippen LogP contribution in [0.25, 0.3) is 16.8 Å². The standard InChI is InChI=1S/C26H28N6/c1-2-6-21(7-3-1)30-25-23(24-8-4-5-15-28-24)18-29-26(32-25)31-22-11-9-19(10-12-22)20-13-16-27-17-14-20/h4-5,8-13,15,18,27H,1-3,6-7,14,16-17H2,(H,29,31,32). The highest BCUT2D eigenvalue weighted by Gasteiger charge is 2.14. The van der Waals surface area contributed by atoms with E-state index < -0.39 is 0 Å². The van der Waals surface area contributed by atoms with E-state index in [9.17, 15) is 0 Å². The van der Waals surface area contributed by atoms with Gasteiger partial charge in [0, 0.05) is 30.3 Å². The summed E-state index contributed by atoms with van der Waals surface area (Å²) < 4.78 is 0. The Morgan fingerprint density at radius 2 is 1.78 bits per heavy atom. The van der Waals surface area contributed by atoms with Crippen LogP contribution in [0.15, 0.2) is 65.9 Å². The zero-order chi connectivity index (χ0) is 21.6. The minimum absolute atomic E-state index is 0.550. The fourth-order valence-corrected chi connectivity index (χ4v) is 4.22. The lowest BCUT2D eigenvalue weighted by Gasteiger charge is -2.15. The van der Waals surface area contributed by atoms with Crippen LogP contribution in [-0.4, -0.2) is 33.8 Å². The van der Waals surface area contributed by atoms with Crippen molar-refractivity contribution < 1.29 is 0 Å². The van der Waals surface area contributed by atoms with Crippen LogP contribution in [-0.2, 0) is 0 Å². The lowest BCUT2D eigenvalue weighted by Crippen LogP contribution is -2.19. The van der Waals surface area contributed by atoms with Crippen molar-refractivity contribution in [2.24, 2.45) is 4.99 Å². The lowest BCUT2D eigenvalue weighted by atomic mass is 9.98. The summed E-state index contributed by atoms with van der Waals surface area (Å²) in [4.78, 5) is 18.8. The molecular formula is C26H28N6. The van der Waals surface area contributed by atoms with Crippen LogP contribution < -0.4 is 10.6 Å². The molecule has 1 aliphatic heterocycles. The number of pyridine rings is 1. The molecule has 6 nitrogen and oxygen atoms in total. The van der Waals surface area contributed by atoms with E-state index in [1.54, 1.807) is 6.20 Å². The van der Waals surface area contributed by atoms with E-state index in [0.717, 1.165) is 49.3 Å². The van der Waals surface area contributed by atoms with Gasteiger partial charge in [0.2, 0.25) is 5.95 Å². The van der Waals surface area contributed by atoms with Crippen LogP contribution in [0, 0.1) is 0 Å². The van der Waals surface area contributed by atoms with E-state index in [-0.39, 0.29) is 0 Å². The van der Waals surface area contributed by atoms with E-state index in [1.807, 2.05) is 24.4 Å². The third kappa shape index (κ3) is 4.92. The Labute approximate surface area is 189 Å². The molecule has 1 saturated carbocycles. The molecule has 3 aromatic rings. The first-order valence-corrected chi connectivity index (χ1v) is 11.5. The van der Waals surface area contributed by atoms with Crippen molar-refractivity contribution in [2.45, 2.75) is 38.5 Å². The Morgan fingerprint density at radius 3 is 2.53 bits per heavy atom. The molecule has 2 N–H and O–H groups in total. The normalized spacial score (nSPS) is 16.4. The number of hydrogen-bond donors (Lipinski definition) is 2. The second-order valence-corrected chi connectivity index (χ2v) is 8.27.